The number of hydrogen-bond donors (Lipinski definition) is 0. The van der Waals surface area contributed by atoms with Crippen molar-refractivity contribution in [2.75, 3.05) is 0 Å². The zero-order valence-corrected chi connectivity index (χ0v) is 12.4. The van der Waals surface area contributed by atoms with Crippen molar-refractivity contribution in [1.82, 2.24) is 0 Å². The number of allylic oxidation sites excluding steroid dienone is 1. The molecular formula is C16H22OSi. The Morgan fingerprint density at radius 2 is 1.78 bits per heavy atom. The molecule has 18 heavy (non-hydrogen) atoms. The fourth-order valence-electron chi connectivity index (χ4n) is 1.78. The number of aldehydes is 1. The summed E-state index contributed by atoms with van der Waals surface area (Å²) < 4.78 is 0. The molecule has 0 atom stereocenters. The largest absolute Gasteiger partial charge is 0.303 e. The molecule has 0 aliphatic carbocycles. The molecule has 0 aliphatic heterocycles. The maximum absolute atomic E-state index is 10.2. The normalized spacial score (nSPS) is 10.6. The fraction of sp³-hybridized carbons (Fsp3) is 0.375. The Morgan fingerprint density at radius 1 is 1.11 bits per heavy atom. The highest BCUT2D eigenvalue weighted by molar-refractivity contribution is 6.93. The molecule has 0 saturated heterocycles. The highest BCUT2D eigenvalue weighted by atomic mass is 28.3. The van der Waals surface area contributed by atoms with E-state index in [4.69, 9.17) is 0 Å². The Morgan fingerprint density at radius 3 is 2.44 bits per heavy atom. The van der Waals surface area contributed by atoms with Crippen molar-refractivity contribution in [3.8, 4) is 0 Å². The molecule has 0 amide bonds. The lowest BCUT2D eigenvalue weighted by Gasteiger charge is -2.16. The van der Waals surface area contributed by atoms with Gasteiger partial charge in [-0.15, -0.1) is 5.73 Å². The molecule has 0 spiro atoms. The van der Waals surface area contributed by atoms with Gasteiger partial charge in [-0.05, 0) is 31.0 Å². The first kappa shape index (κ1) is 14.7. The van der Waals surface area contributed by atoms with E-state index in [1.165, 1.54) is 5.19 Å². The molecule has 0 bridgehead atoms. The van der Waals surface area contributed by atoms with Crippen LogP contribution in [0.5, 0.6) is 0 Å². The molecule has 0 N–H and O–H groups in total. The minimum atomic E-state index is -1.48. The lowest BCUT2D eigenvalue weighted by molar-refractivity contribution is -0.107. The van der Waals surface area contributed by atoms with Gasteiger partial charge >= 0.3 is 0 Å². The molecule has 0 radical (unpaired) electrons. The van der Waals surface area contributed by atoms with Crippen molar-refractivity contribution < 1.29 is 4.79 Å². The second-order valence-electron chi connectivity index (χ2n) is 5.05. The third kappa shape index (κ3) is 5.31. The number of hydrogen-bond acceptors (Lipinski definition) is 1. The van der Waals surface area contributed by atoms with Gasteiger partial charge in [0.1, 0.15) is 14.4 Å². The van der Waals surface area contributed by atoms with Crippen LogP contribution in [-0.4, -0.2) is 14.4 Å². The summed E-state index contributed by atoms with van der Waals surface area (Å²) in [6.07, 6.45) is 6.85. The molecule has 0 aliphatic rings. The molecule has 0 saturated carbocycles. The Hall–Kier alpha value is -1.37. The quantitative estimate of drug-likeness (QED) is 0.316. The van der Waals surface area contributed by atoms with Gasteiger partial charge in [-0.25, -0.2) is 0 Å². The lowest BCUT2D eigenvalue weighted by Crippen LogP contribution is -2.39. The third-order valence-electron chi connectivity index (χ3n) is 3.00. The minimum Gasteiger partial charge on any atom is -0.303 e. The highest BCUT2D eigenvalue weighted by Gasteiger charge is 2.18. The molecule has 1 aromatic carbocycles. The fourth-order valence-corrected chi connectivity index (χ4v) is 3.53. The van der Waals surface area contributed by atoms with Crippen LogP contribution in [0.25, 0.3) is 0 Å². The number of carbonyl (C=O) groups is 1. The Labute approximate surface area is 111 Å². The van der Waals surface area contributed by atoms with Gasteiger partial charge in [-0.3, -0.25) is 0 Å². The van der Waals surface area contributed by atoms with Crippen LogP contribution in [0, 0.1) is 0 Å². The number of unbranched alkanes of at least 4 members (excludes halogenated alkanes) is 3. The highest BCUT2D eigenvalue weighted by Crippen LogP contribution is 2.05. The smallest absolute Gasteiger partial charge is 0.119 e. The van der Waals surface area contributed by atoms with Crippen LogP contribution < -0.4 is 5.19 Å². The molecule has 1 nitrogen and oxygen atoms in total. The van der Waals surface area contributed by atoms with Gasteiger partial charge < -0.3 is 4.79 Å². The predicted octanol–water partition coefficient (Wildman–Crippen LogP) is 3.61. The first-order valence-electron chi connectivity index (χ1n) is 6.58. The van der Waals surface area contributed by atoms with E-state index in [2.05, 4.69) is 60.9 Å². The van der Waals surface area contributed by atoms with E-state index >= 15 is 0 Å². The van der Waals surface area contributed by atoms with Crippen molar-refractivity contribution in [1.29, 1.82) is 0 Å². The van der Waals surface area contributed by atoms with E-state index in [0.717, 1.165) is 25.5 Å². The van der Waals surface area contributed by atoms with Gasteiger partial charge in [0.15, 0.2) is 0 Å². The summed E-state index contributed by atoms with van der Waals surface area (Å²) in [4.78, 5) is 10.2. The van der Waals surface area contributed by atoms with E-state index in [1.54, 1.807) is 0 Å². The van der Waals surface area contributed by atoms with E-state index in [1.807, 2.05) is 0 Å². The lowest BCUT2D eigenvalue weighted by atomic mass is 10.2. The zero-order valence-electron chi connectivity index (χ0n) is 11.4. The molecule has 0 unspecified atom stereocenters. The summed E-state index contributed by atoms with van der Waals surface area (Å²) in [6, 6.07) is 10.7. The molecule has 96 valence electrons. The summed E-state index contributed by atoms with van der Waals surface area (Å²) >= 11 is 0. The SMILES string of the molecule is C[Si](C)(C=C=CCCCCC=O)c1ccccc1. The van der Waals surface area contributed by atoms with Crippen molar-refractivity contribution in [2.24, 2.45) is 0 Å². The van der Waals surface area contributed by atoms with E-state index < -0.39 is 8.07 Å². The number of benzene rings is 1. The van der Waals surface area contributed by atoms with Gasteiger partial charge in [0, 0.05) is 6.42 Å². The summed E-state index contributed by atoms with van der Waals surface area (Å²) in [7, 11) is -1.48. The molecule has 1 aromatic rings. The summed E-state index contributed by atoms with van der Waals surface area (Å²) in [5.74, 6) is 0. The second-order valence-corrected chi connectivity index (χ2v) is 9.36. The van der Waals surface area contributed by atoms with E-state index in [-0.39, 0.29) is 0 Å². The van der Waals surface area contributed by atoms with Crippen molar-refractivity contribution in [3.05, 3.63) is 47.8 Å². The summed E-state index contributed by atoms with van der Waals surface area (Å²) in [5, 5.41) is 1.44. The Bertz CT molecular complexity index is 414. The van der Waals surface area contributed by atoms with Crippen LogP contribution in [0.1, 0.15) is 25.7 Å². The summed E-state index contributed by atoms with van der Waals surface area (Å²) in [6.45, 7) is 4.66. The first-order valence-corrected chi connectivity index (χ1v) is 9.66. The van der Waals surface area contributed by atoms with Crippen LogP contribution in [-0.2, 0) is 4.79 Å². The molecule has 2 heteroatoms. The van der Waals surface area contributed by atoms with Gasteiger partial charge in [0.2, 0.25) is 0 Å². The topological polar surface area (TPSA) is 17.1 Å². The van der Waals surface area contributed by atoms with Crippen LogP contribution in [0.3, 0.4) is 0 Å². The number of carbonyl (C=O) groups excluding carboxylic acids is 1. The maximum atomic E-state index is 10.2. The van der Waals surface area contributed by atoms with Crippen molar-refractivity contribution in [3.63, 3.8) is 0 Å². The van der Waals surface area contributed by atoms with Crippen LogP contribution in [0.15, 0.2) is 47.8 Å². The predicted molar refractivity (Wildman–Crippen MR) is 80.7 cm³/mol. The van der Waals surface area contributed by atoms with Gasteiger partial charge in [-0.2, -0.15) is 0 Å². The zero-order chi connectivity index (χ0) is 13.3. The van der Waals surface area contributed by atoms with Gasteiger partial charge in [-0.1, -0.05) is 48.6 Å². The van der Waals surface area contributed by atoms with Crippen LogP contribution >= 0.6 is 0 Å². The van der Waals surface area contributed by atoms with E-state index in [9.17, 15) is 4.79 Å². The van der Waals surface area contributed by atoms with Crippen molar-refractivity contribution >= 4 is 19.5 Å². The maximum Gasteiger partial charge on any atom is 0.119 e. The minimum absolute atomic E-state index is 0.682. The van der Waals surface area contributed by atoms with Gasteiger partial charge in [0.25, 0.3) is 0 Å². The monoisotopic (exact) mass is 258 g/mol. The standard InChI is InChI=1S/C16H22OSi/c1-18(2,16-12-8-7-9-13-16)15-11-6-4-3-5-10-14-17/h6-9,12-15H,3-5,10H2,1-2H3. The van der Waals surface area contributed by atoms with Gasteiger partial charge in [0.05, 0.1) is 0 Å². The molecule has 0 fully saturated rings. The average Bonchev–Trinajstić information content (AvgIpc) is 2.39. The molecule has 0 aromatic heterocycles. The molecule has 1 rings (SSSR count). The van der Waals surface area contributed by atoms with Crippen molar-refractivity contribution in [2.45, 2.75) is 38.8 Å². The number of rotatable bonds is 7. The van der Waals surface area contributed by atoms with E-state index in [0.29, 0.717) is 6.42 Å². The average molecular weight is 258 g/mol. The first-order chi connectivity index (χ1) is 8.67. The Balaban J connectivity index is 2.49. The third-order valence-corrected chi connectivity index (χ3v) is 5.71. The van der Waals surface area contributed by atoms with Crippen LogP contribution in [0.4, 0.5) is 0 Å². The van der Waals surface area contributed by atoms with Crippen LogP contribution in [0.2, 0.25) is 13.1 Å². The second kappa shape index (κ2) is 7.86. The molecular weight excluding hydrogens is 236 g/mol. The Kier molecular flexibility index (Phi) is 6.41. The summed E-state index contributed by atoms with van der Waals surface area (Å²) in [5.41, 5.74) is 5.58. The molecule has 0 heterocycles.